The summed E-state index contributed by atoms with van der Waals surface area (Å²) in [5.74, 6) is 0.610. The van der Waals surface area contributed by atoms with E-state index in [9.17, 15) is 0 Å². The van der Waals surface area contributed by atoms with Gasteiger partial charge in [0.1, 0.15) is 5.65 Å². The number of imidazole rings is 1. The van der Waals surface area contributed by atoms with Crippen molar-refractivity contribution in [1.29, 1.82) is 0 Å². The van der Waals surface area contributed by atoms with Crippen LogP contribution < -0.4 is 0 Å². The third-order valence-electron chi connectivity index (χ3n) is 7.50. The molecule has 1 aliphatic rings. The van der Waals surface area contributed by atoms with E-state index in [1.807, 2.05) is 0 Å². The summed E-state index contributed by atoms with van der Waals surface area (Å²) in [4.78, 5) is 5.21. The molecule has 0 amide bonds. The van der Waals surface area contributed by atoms with Crippen LogP contribution in [0.2, 0.25) is 0 Å². The molecule has 2 bridgehead atoms. The quantitative estimate of drug-likeness (QED) is 0.352. The van der Waals surface area contributed by atoms with E-state index in [4.69, 9.17) is 4.98 Å². The van der Waals surface area contributed by atoms with E-state index in [1.165, 1.54) is 63.5 Å². The predicted molar refractivity (Wildman–Crippen MR) is 124 cm³/mol. The molecule has 5 rings (SSSR count). The number of aromatic nitrogens is 2. The molecule has 2 aromatic heterocycles. The lowest BCUT2D eigenvalue weighted by molar-refractivity contribution is 0.440. The Morgan fingerprint density at radius 2 is 1.79 bits per heavy atom. The maximum Gasteiger partial charge on any atom is 0.146 e. The maximum absolute atomic E-state index is 5.21. The highest BCUT2D eigenvalue weighted by molar-refractivity contribution is 6.02. The Morgan fingerprint density at radius 1 is 1.03 bits per heavy atom. The fourth-order valence-electron chi connectivity index (χ4n) is 5.33. The van der Waals surface area contributed by atoms with Crippen LogP contribution in [0.15, 0.2) is 30.3 Å². The van der Waals surface area contributed by atoms with E-state index in [2.05, 4.69) is 76.3 Å². The zero-order valence-corrected chi connectivity index (χ0v) is 18.7. The van der Waals surface area contributed by atoms with E-state index in [0.717, 1.165) is 17.6 Å². The molecular weight excluding hydrogens is 352 g/mol. The average molecular weight is 385 g/mol. The Kier molecular flexibility index (Phi) is 4.07. The van der Waals surface area contributed by atoms with Gasteiger partial charge in [-0.2, -0.15) is 0 Å². The topological polar surface area (TPSA) is 17.3 Å². The number of hydrogen-bond acceptors (Lipinski definition) is 1. The Bertz CT molecular complexity index is 1270. The van der Waals surface area contributed by atoms with Gasteiger partial charge >= 0.3 is 0 Å². The lowest BCUT2D eigenvalue weighted by atomic mass is 9.81. The minimum absolute atomic E-state index is 0.236. The number of pyridine rings is 1. The van der Waals surface area contributed by atoms with Gasteiger partial charge in [-0.25, -0.2) is 4.98 Å². The first-order valence-corrected chi connectivity index (χ1v) is 11.2. The van der Waals surface area contributed by atoms with Crippen molar-refractivity contribution in [2.75, 3.05) is 0 Å². The molecule has 0 fully saturated rings. The Hall–Kier alpha value is -2.35. The van der Waals surface area contributed by atoms with E-state index in [-0.39, 0.29) is 5.41 Å². The first kappa shape index (κ1) is 18.7. The molecule has 0 radical (unpaired) electrons. The van der Waals surface area contributed by atoms with Gasteiger partial charge in [0.05, 0.1) is 11.0 Å². The second kappa shape index (κ2) is 6.32. The lowest BCUT2D eigenvalue weighted by Gasteiger charge is -2.24. The van der Waals surface area contributed by atoms with Crippen molar-refractivity contribution in [1.82, 2.24) is 9.38 Å². The first-order chi connectivity index (χ1) is 13.8. The highest BCUT2D eigenvalue weighted by atomic mass is 15.0. The number of hydrogen-bond donors (Lipinski definition) is 0. The van der Waals surface area contributed by atoms with Crippen LogP contribution in [-0.4, -0.2) is 9.38 Å². The molecule has 2 heterocycles. The van der Waals surface area contributed by atoms with Crippen molar-refractivity contribution in [3.8, 4) is 0 Å². The van der Waals surface area contributed by atoms with Crippen LogP contribution in [0.1, 0.15) is 80.8 Å². The van der Waals surface area contributed by atoms with E-state index < -0.39 is 0 Å². The molecule has 4 aromatic rings. The molecule has 2 nitrogen and oxygen atoms in total. The van der Waals surface area contributed by atoms with Crippen LogP contribution in [-0.2, 0) is 11.8 Å². The molecule has 2 aromatic carbocycles. The second-order valence-corrected chi connectivity index (χ2v) is 9.74. The summed E-state index contributed by atoms with van der Waals surface area (Å²) in [5, 5.41) is 2.75. The molecule has 0 saturated carbocycles. The average Bonchev–Trinajstić information content (AvgIpc) is 3.01. The van der Waals surface area contributed by atoms with Crippen molar-refractivity contribution in [3.05, 3.63) is 58.3 Å². The third-order valence-corrected chi connectivity index (χ3v) is 7.50. The molecular formula is C27H32N2. The number of aryl methyl sites for hydroxylation is 3. The molecule has 1 aliphatic carbocycles. The predicted octanol–water partition coefficient (Wildman–Crippen LogP) is 7.38. The van der Waals surface area contributed by atoms with Gasteiger partial charge in [-0.15, -0.1) is 0 Å². The van der Waals surface area contributed by atoms with Crippen LogP contribution in [0.25, 0.3) is 27.5 Å². The van der Waals surface area contributed by atoms with Gasteiger partial charge in [-0.3, -0.25) is 4.40 Å². The van der Waals surface area contributed by atoms with Gasteiger partial charge in [0, 0.05) is 11.1 Å². The van der Waals surface area contributed by atoms with Crippen molar-refractivity contribution >= 4 is 27.5 Å². The summed E-state index contributed by atoms with van der Waals surface area (Å²) in [6, 6.07) is 12.0. The smallest absolute Gasteiger partial charge is 0.146 e. The number of nitrogens with zero attached hydrogens (tertiary/aromatic N) is 2. The summed E-state index contributed by atoms with van der Waals surface area (Å²) < 4.78 is 2.43. The van der Waals surface area contributed by atoms with E-state index in [0.29, 0.717) is 5.92 Å². The normalized spacial score (nSPS) is 18.6. The largest absolute Gasteiger partial charge is 0.296 e. The minimum atomic E-state index is 0.236. The van der Waals surface area contributed by atoms with Crippen molar-refractivity contribution in [3.63, 3.8) is 0 Å². The zero-order chi connectivity index (χ0) is 20.5. The van der Waals surface area contributed by atoms with Gasteiger partial charge in [-0.1, -0.05) is 39.8 Å². The zero-order valence-electron chi connectivity index (χ0n) is 18.7. The fraction of sp³-hybridized carbons (Fsp3) is 0.444. The summed E-state index contributed by atoms with van der Waals surface area (Å²) in [7, 11) is 0. The van der Waals surface area contributed by atoms with Gasteiger partial charge in [-0.05, 0) is 96.7 Å². The summed E-state index contributed by atoms with van der Waals surface area (Å²) >= 11 is 0. The van der Waals surface area contributed by atoms with E-state index in [1.54, 1.807) is 0 Å². The SMILES string of the molecule is CCc1cc2cc3cc(c2c2nc4cc(C)c(C)cc4n12)C(CC)CCC3(C)C. The second-order valence-electron chi connectivity index (χ2n) is 9.74. The van der Waals surface area contributed by atoms with Crippen LogP contribution in [0.5, 0.6) is 0 Å². The standard InChI is InChI=1S/C27H32N2/c1-7-18-9-10-27(5,6)20-13-19-14-21(8-2)29-24-12-17(4)16(3)11-23(24)28-26(29)25(19)22(18)15-20/h11-15,18H,7-10H2,1-6H3. The number of fused-ring (bicyclic) bond motifs is 8. The van der Waals surface area contributed by atoms with Crippen molar-refractivity contribution in [2.45, 2.75) is 78.6 Å². The molecule has 150 valence electrons. The fourth-order valence-corrected chi connectivity index (χ4v) is 5.33. The van der Waals surface area contributed by atoms with Gasteiger partial charge in [0.25, 0.3) is 0 Å². The van der Waals surface area contributed by atoms with Crippen LogP contribution >= 0.6 is 0 Å². The van der Waals surface area contributed by atoms with Crippen LogP contribution in [0, 0.1) is 13.8 Å². The Balaban J connectivity index is 1.99. The summed E-state index contributed by atoms with van der Waals surface area (Å²) in [5.41, 5.74) is 10.8. The molecule has 0 N–H and O–H groups in total. The van der Waals surface area contributed by atoms with Crippen molar-refractivity contribution < 1.29 is 0 Å². The molecule has 29 heavy (non-hydrogen) atoms. The molecule has 1 atom stereocenters. The first-order valence-electron chi connectivity index (χ1n) is 11.2. The van der Waals surface area contributed by atoms with Crippen LogP contribution in [0.3, 0.4) is 0 Å². The Labute approximate surface area is 174 Å². The van der Waals surface area contributed by atoms with Crippen molar-refractivity contribution in [2.24, 2.45) is 0 Å². The summed E-state index contributed by atoms with van der Waals surface area (Å²) in [6.45, 7) is 13.8. The molecule has 0 spiro atoms. The van der Waals surface area contributed by atoms with Gasteiger partial charge in [0.15, 0.2) is 0 Å². The van der Waals surface area contributed by atoms with E-state index >= 15 is 0 Å². The third kappa shape index (κ3) is 2.64. The molecule has 2 heteroatoms. The summed E-state index contributed by atoms with van der Waals surface area (Å²) in [6.07, 6.45) is 4.70. The van der Waals surface area contributed by atoms with Gasteiger partial charge in [0.2, 0.25) is 0 Å². The Morgan fingerprint density at radius 3 is 2.52 bits per heavy atom. The van der Waals surface area contributed by atoms with Gasteiger partial charge < -0.3 is 0 Å². The number of rotatable bonds is 2. The number of benzene rings is 2. The molecule has 1 unspecified atom stereocenters. The lowest BCUT2D eigenvalue weighted by Crippen LogP contribution is -2.15. The monoisotopic (exact) mass is 384 g/mol. The maximum atomic E-state index is 5.21. The molecule has 0 aliphatic heterocycles. The molecule has 0 saturated heterocycles. The van der Waals surface area contributed by atoms with Crippen LogP contribution in [0.4, 0.5) is 0 Å². The highest BCUT2D eigenvalue weighted by Gasteiger charge is 2.30. The highest BCUT2D eigenvalue weighted by Crippen LogP contribution is 2.44. The minimum Gasteiger partial charge on any atom is -0.296 e.